The Morgan fingerprint density at radius 2 is 2.36 bits per heavy atom. The van der Waals surface area contributed by atoms with Crippen LogP contribution >= 0.6 is 0 Å². The van der Waals surface area contributed by atoms with E-state index in [9.17, 15) is 4.39 Å². The van der Waals surface area contributed by atoms with Crippen molar-refractivity contribution >= 4 is 11.0 Å². The zero-order valence-electron chi connectivity index (χ0n) is 6.06. The molecule has 0 bridgehead atoms. The van der Waals surface area contributed by atoms with E-state index in [0.29, 0.717) is 11.0 Å². The second kappa shape index (κ2) is 2.05. The summed E-state index contributed by atoms with van der Waals surface area (Å²) in [7, 11) is 0. The lowest BCUT2D eigenvalue weighted by Crippen LogP contribution is -1.79. The van der Waals surface area contributed by atoms with Gasteiger partial charge in [0, 0.05) is 12.4 Å². The fourth-order valence-electron chi connectivity index (χ4n) is 1.17. The molecule has 2 nitrogen and oxygen atoms in total. The Bertz CT molecular complexity index is 392. The van der Waals surface area contributed by atoms with Crippen LogP contribution in [0, 0.1) is 12.7 Å². The molecule has 11 heavy (non-hydrogen) atoms. The van der Waals surface area contributed by atoms with Crippen LogP contribution in [0.4, 0.5) is 4.39 Å². The largest absolute Gasteiger partial charge is 0.343 e. The molecule has 0 amide bonds. The van der Waals surface area contributed by atoms with Crippen molar-refractivity contribution < 1.29 is 4.39 Å². The number of pyridine rings is 1. The minimum atomic E-state index is -0.231. The molecule has 0 saturated heterocycles. The monoisotopic (exact) mass is 150 g/mol. The SMILES string of the molecule is Cc1ccnc2[nH]cc(F)c12. The van der Waals surface area contributed by atoms with Gasteiger partial charge in [-0.15, -0.1) is 0 Å². The van der Waals surface area contributed by atoms with Gasteiger partial charge in [0.15, 0.2) is 0 Å². The standard InChI is InChI=1S/C8H7FN2/c1-5-2-3-10-8-7(5)6(9)4-11-8/h2-4H,1H3,(H,10,11). The third-order valence-electron chi connectivity index (χ3n) is 1.73. The van der Waals surface area contributed by atoms with Crippen LogP contribution in [-0.2, 0) is 0 Å². The topological polar surface area (TPSA) is 28.7 Å². The molecule has 0 saturated carbocycles. The number of aromatic nitrogens is 2. The number of nitrogens with one attached hydrogen (secondary N) is 1. The number of nitrogens with zero attached hydrogens (tertiary/aromatic N) is 1. The molecular formula is C8H7FN2. The van der Waals surface area contributed by atoms with Crippen LogP contribution in [0.25, 0.3) is 11.0 Å². The van der Waals surface area contributed by atoms with Gasteiger partial charge in [0.2, 0.25) is 0 Å². The highest BCUT2D eigenvalue weighted by atomic mass is 19.1. The summed E-state index contributed by atoms with van der Waals surface area (Å²) in [6, 6.07) is 1.79. The number of hydrogen-bond acceptors (Lipinski definition) is 1. The molecule has 0 atom stereocenters. The first-order chi connectivity index (χ1) is 5.29. The predicted molar refractivity (Wildman–Crippen MR) is 40.8 cm³/mol. The van der Waals surface area contributed by atoms with Gasteiger partial charge in [-0.3, -0.25) is 0 Å². The van der Waals surface area contributed by atoms with E-state index in [-0.39, 0.29) is 5.82 Å². The van der Waals surface area contributed by atoms with Gasteiger partial charge in [0.1, 0.15) is 11.5 Å². The maximum Gasteiger partial charge on any atom is 0.150 e. The van der Waals surface area contributed by atoms with Crippen LogP contribution in [-0.4, -0.2) is 9.97 Å². The van der Waals surface area contributed by atoms with Gasteiger partial charge in [-0.1, -0.05) is 0 Å². The average Bonchev–Trinajstić information content (AvgIpc) is 2.34. The molecule has 0 unspecified atom stereocenters. The normalized spacial score (nSPS) is 10.7. The molecular weight excluding hydrogens is 143 g/mol. The summed E-state index contributed by atoms with van der Waals surface area (Å²) in [5.41, 5.74) is 1.52. The van der Waals surface area contributed by atoms with E-state index < -0.39 is 0 Å². The molecule has 3 heteroatoms. The summed E-state index contributed by atoms with van der Waals surface area (Å²) >= 11 is 0. The van der Waals surface area contributed by atoms with Gasteiger partial charge < -0.3 is 4.98 Å². The van der Waals surface area contributed by atoms with Crippen LogP contribution in [0.1, 0.15) is 5.56 Å². The number of hydrogen-bond donors (Lipinski definition) is 1. The molecule has 2 aromatic heterocycles. The fraction of sp³-hybridized carbons (Fsp3) is 0.125. The minimum Gasteiger partial charge on any atom is -0.343 e. The van der Waals surface area contributed by atoms with Crippen molar-refractivity contribution in [1.29, 1.82) is 0 Å². The van der Waals surface area contributed by atoms with E-state index in [1.54, 1.807) is 12.3 Å². The maximum atomic E-state index is 12.9. The Morgan fingerprint density at radius 3 is 3.09 bits per heavy atom. The Balaban J connectivity index is 2.96. The van der Waals surface area contributed by atoms with Crippen LogP contribution in [0.15, 0.2) is 18.5 Å². The predicted octanol–water partition coefficient (Wildman–Crippen LogP) is 2.01. The number of H-pyrrole nitrogens is 1. The van der Waals surface area contributed by atoms with Gasteiger partial charge in [0.05, 0.1) is 5.39 Å². The highest BCUT2D eigenvalue weighted by Crippen LogP contribution is 2.17. The summed E-state index contributed by atoms with van der Waals surface area (Å²) in [6.45, 7) is 1.86. The molecule has 56 valence electrons. The van der Waals surface area contributed by atoms with Crippen LogP contribution in [0.5, 0.6) is 0 Å². The second-order valence-electron chi connectivity index (χ2n) is 2.49. The molecule has 2 aromatic rings. The summed E-state index contributed by atoms with van der Waals surface area (Å²) in [4.78, 5) is 6.71. The van der Waals surface area contributed by atoms with Crippen molar-refractivity contribution in [1.82, 2.24) is 9.97 Å². The first kappa shape index (κ1) is 6.34. The van der Waals surface area contributed by atoms with Crippen LogP contribution in [0.3, 0.4) is 0 Å². The fourth-order valence-corrected chi connectivity index (χ4v) is 1.17. The first-order valence-electron chi connectivity index (χ1n) is 3.37. The van der Waals surface area contributed by atoms with Crippen LogP contribution < -0.4 is 0 Å². The molecule has 2 rings (SSSR count). The van der Waals surface area contributed by atoms with Gasteiger partial charge in [-0.25, -0.2) is 9.37 Å². The molecule has 0 radical (unpaired) electrons. The van der Waals surface area contributed by atoms with E-state index in [1.165, 1.54) is 6.20 Å². The average molecular weight is 150 g/mol. The molecule has 1 N–H and O–H groups in total. The van der Waals surface area contributed by atoms with Gasteiger partial charge in [-0.2, -0.15) is 0 Å². The van der Waals surface area contributed by atoms with Gasteiger partial charge >= 0.3 is 0 Å². The quantitative estimate of drug-likeness (QED) is 0.611. The second-order valence-corrected chi connectivity index (χ2v) is 2.49. The van der Waals surface area contributed by atoms with E-state index in [2.05, 4.69) is 9.97 Å². The van der Waals surface area contributed by atoms with Gasteiger partial charge in [0.25, 0.3) is 0 Å². The number of aromatic amines is 1. The highest BCUT2D eigenvalue weighted by molar-refractivity contribution is 5.79. The summed E-state index contributed by atoms with van der Waals surface area (Å²) in [5, 5.41) is 0.590. The van der Waals surface area contributed by atoms with Gasteiger partial charge in [-0.05, 0) is 18.6 Å². The maximum absolute atomic E-state index is 12.9. The lowest BCUT2D eigenvalue weighted by molar-refractivity contribution is 0.639. The number of halogens is 1. The molecule has 0 aliphatic heterocycles. The summed E-state index contributed by atoms with van der Waals surface area (Å²) in [6.07, 6.45) is 2.98. The zero-order valence-corrected chi connectivity index (χ0v) is 6.06. The van der Waals surface area contributed by atoms with Crippen molar-refractivity contribution in [3.8, 4) is 0 Å². The van der Waals surface area contributed by atoms with Crippen molar-refractivity contribution in [2.75, 3.05) is 0 Å². The lowest BCUT2D eigenvalue weighted by atomic mass is 10.2. The first-order valence-corrected chi connectivity index (χ1v) is 3.37. The number of aryl methyl sites for hydroxylation is 1. The highest BCUT2D eigenvalue weighted by Gasteiger charge is 2.04. The van der Waals surface area contributed by atoms with Crippen LogP contribution in [0.2, 0.25) is 0 Å². The minimum absolute atomic E-state index is 0.231. The molecule has 0 fully saturated rings. The summed E-state index contributed by atoms with van der Waals surface area (Å²) < 4.78 is 12.9. The molecule has 2 heterocycles. The number of rotatable bonds is 0. The van der Waals surface area contributed by atoms with Crippen molar-refractivity contribution in [2.24, 2.45) is 0 Å². The van der Waals surface area contributed by atoms with Crippen molar-refractivity contribution in [3.05, 3.63) is 29.8 Å². The Morgan fingerprint density at radius 1 is 1.55 bits per heavy atom. The van der Waals surface area contributed by atoms with E-state index >= 15 is 0 Å². The van der Waals surface area contributed by atoms with E-state index in [4.69, 9.17) is 0 Å². The number of fused-ring (bicyclic) bond motifs is 1. The van der Waals surface area contributed by atoms with E-state index in [1.807, 2.05) is 6.92 Å². The third-order valence-corrected chi connectivity index (χ3v) is 1.73. The Kier molecular flexibility index (Phi) is 1.18. The molecule has 0 aliphatic rings. The summed E-state index contributed by atoms with van der Waals surface area (Å²) in [5.74, 6) is -0.231. The molecule has 0 spiro atoms. The van der Waals surface area contributed by atoms with E-state index in [0.717, 1.165) is 5.56 Å². The molecule has 0 aromatic carbocycles. The smallest absolute Gasteiger partial charge is 0.150 e. The Labute approximate surface area is 63.1 Å². The third kappa shape index (κ3) is 0.808. The Hall–Kier alpha value is -1.38. The molecule has 0 aliphatic carbocycles. The van der Waals surface area contributed by atoms with Crippen molar-refractivity contribution in [3.63, 3.8) is 0 Å². The lowest BCUT2D eigenvalue weighted by Gasteiger charge is -1.92. The zero-order chi connectivity index (χ0) is 7.84. The van der Waals surface area contributed by atoms with Crippen molar-refractivity contribution in [2.45, 2.75) is 6.92 Å².